The van der Waals surface area contributed by atoms with E-state index in [1.165, 1.54) is 8.99 Å². The van der Waals surface area contributed by atoms with Crippen molar-refractivity contribution >= 4 is 16.0 Å². The summed E-state index contributed by atoms with van der Waals surface area (Å²) in [6.45, 7) is 5.03. The number of hydrogen-bond donors (Lipinski definition) is 1. The number of rotatable bonds is 5. The Morgan fingerprint density at radius 3 is 2.62 bits per heavy atom. The molecule has 0 amide bonds. The molecule has 2 heterocycles. The maximum atomic E-state index is 13.1. The van der Waals surface area contributed by atoms with Gasteiger partial charge in [-0.3, -0.25) is 4.68 Å². The normalized spacial score (nSPS) is 18.8. The van der Waals surface area contributed by atoms with Gasteiger partial charge in [0.15, 0.2) is 5.03 Å². The first-order valence-electron chi connectivity index (χ1n) is 8.70. The highest BCUT2D eigenvalue weighted by molar-refractivity contribution is 7.89. The number of benzene rings is 1. The Labute approximate surface area is 153 Å². The van der Waals surface area contributed by atoms with E-state index in [-0.39, 0.29) is 16.5 Å². The highest BCUT2D eigenvalue weighted by Gasteiger charge is 2.33. The Hall–Kier alpha value is -2.19. The quantitative estimate of drug-likeness (QED) is 0.864. The van der Waals surface area contributed by atoms with Gasteiger partial charge in [-0.1, -0.05) is 12.1 Å². The molecule has 0 aliphatic carbocycles. The Bertz CT molecular complexity index is 903. The summed E-state index contributed by atoms with van der Waals surface area (Å²) in [5.74, 6) is -0.909. The molecule has 1 N–H and O–H groups in total. The monoisotopic (exact) mass is 377 g/mol. The van der Waals surface area contributed by atoms with Crippen LogP contribution >= 0.6 is 0 Å². The number of carbonyl (C=O) groups is 1. The number of hydrogen-bond acceptors (Lipinski definition) is 4. The van der Waals surface area contributed by atoms with E-state index >= 15 is 0 Å². The van der Waals surface area contributed by atoms with Crippen LogP contribution in [0.2, 0.25) is 0 Å². The number of piperidine rings is 1. The van der Waals surface area contributed by atoms with E-state index in [1.54, 1.807) is 37.3 Å². The van der Waals surface area contributed by atoms with Gasteiger partial charge in [-0.25, -0.2) is 13.2 Å². The molecule has 0 saturated carbocycles. The molecule has 1 aliphatic rings. The second-order valence-electron chi connectivity index (χ2n) is 6.57. The topological polar surface area (TPSA) is 92.5 Å². The van der Waals surface area contributed by atoms with Crippen molar-refractivity contribution in [1.82, 2.24) is 14.1 Å². The van der Waals surface area contributed by atoms with Crippen molar-refractivity contribution in [1.29, 1.82) is 0 Å². The van der Waals surface area contributed by atoms with E-state index in [0.29, 0.717) is 25.3 Å². The number of nitrogens with zero attached hydrogens (tertiary/aromatic N) is 3. The van der Waals surface area contributed by atoms with Crippen LogP contribution in [0.5, 0.6) is 0 Å². The van der Waals surface area contributed by atoms with Gasteiger partial charge in [0.2, 0.25) is 0 Å². The average molecular weight is 377 g/mol. The van der Waals surface area contributed by atoms with E-state index in [1.807, 2.05) is 6.92 Å². The third-order valence-corrected chi connectivity index (χ3v) is 6.65. The van der Waals surface area contributed by atoms with E-state index in [9.17, 15) is 13.2 Å². The van der Waals surface area contributed by atoms with Crippen molar-refractivity contribution in [2.75, 3.05) is 13.1 Å². The minimum atomic E-state index is -3.61. The molecule has 8 heteroatoms. The molecular weight excluding hydrogens is 354 g/mol. The first-order chi connectivity index (χ1) is 12.3. The summed E-state index contributed by atoms with van der Waals surface area (Å²) in [5, 5.41) is 13.5. The molecule has 1 unspecified atom stereocenters. The first kappa shape index (κ1) is 18.6. The number of carboxylic acid groups (broad SMARTS) is 1. The third-order valence-electron chi connectivity index (χ3n) is 4.78. The molecular formula is C18H23N3O4S. The Morgan fingerprint density at radius 1 is 1.31 bits per heavy atom. The minimum absolute atomic E-state index is 0.0560. The van der Waals surface area contributed by atoms with Crippen LogP contribution in [0.25, 0.3) is 0 Å². The summed E-state index contributed by atoms with van der Waals surface area (Å²) in [5.41, 5.74) is 1.88. The minimum Gasteiger partial charge on any atom is -0.478 e. The molecule has 1 fully saturated rings. The fraction of sp³-hybridized carbons (Fsp3) is 0.444. The van der Waals surface area contributed by atoms with Crippen molar-refractivity contribution < 1.29 is 18.3 Å². The van der Waals surface area contributed by atoms with Crippen LogP contribution in [-0.4, -0.2) is 46.7 Å². The second-order valence-corrected chi connectivity index (χ2v) is 8.45. The lowest BCUT2D eigenvalue weighted by atomic mass is 9.91. The highest BCUT2D eigenvalue weighted by atomic mass is 32.2. The van der Waals surface area contributed by atoms with Crippen molar-refractivity contribution in [2.24, 2.45) is 0 Å². The summed E-state index contributed by atoms with van der Waals surface area (Å²) < 4.78 is 29.2. The summed E-state index contributed by atoms with van der Waals surface area (Å²) in [7, 11) is -3.61. The zero-order valence-electron chi connectivity index (χ0n) is 14.9. The molecule has 1 aliphatic heterocycles. The lowest BCUT2D eigenvalue weighted by Gasteiger charge is -2.32. The maximum Gasteiger partial charge on any atom is 0.335 e. The van der Waals surface area contributed by atoms with E-state index < -0.39 is 16.0 Å². The summed E-state index contributed by atoms with van der Waals surface area (Å²) in [6.07, 6.45) is 1.65. The first-order valence-corrected chi connectivity index (χ1v) is 10.1. The summed E-state index contributed by atoms with van der Waals surface area (Å²) in [4.78, 5) is 11.0. The lowest BCUT2D eigenvalue weighted by Crippen LogP contribution is -2.39. The molecule has 3 rings (SSSR count). The number of aryl methyl sites for hydroxylation is 2. The zero-order valence-corrected chi connectivity index (χ0v) is 15.7. The van der Waals surface area contributed by atoms with E-state index in [0.717, 1.165) is 18.4 Å². The summed E-state index contributed by atoms with van der Waals surface area (Å²) >= 11 is 0. The molecule has 0 spiro atoms. The Morgan fingerprint density at radius 2 is 2.00 bits per heavy atom. The Balaban J connectivity index is 1.84. The molecule has 0 bridgehead atoms. The van der Waals surface area contributed by atoms with Crippen LogP contribution in [0.15, 0.2) is 35.4 Å². The van der Waals surface area contributed by atoms with Crippen LogP contribution in [0.1, 0.15) is 47.3 Å². The summed E-state index contributed by atoms with van der Waals surface area (Å²) in [6, 6.07) is 8.32. The standard InChI is InChI=1S/C18H23N3O4S/c1-3-21-17(11-13(2)19-21)26(24,25)20-10-4-5-16(12-20)14-6-8-15(9-7-14)18(22)23/h6-9,11,16H,3-5,10,12H2,1-2H3,(H,22,23). The van der Waals surface area contributed by atoms with Gasteiger partial charge in [-0.15, -0.1) is 0 Å². The SMILES string of the molecule is CCn1nc(C)cc1S(=O)(=O)N1CCCC(c2ccc(C(=O)O)cc2)C1. The molecule has 7 nitrogen and oxygen atoms in total. The molecule has 26 heavy (non-hydrogen) atoms. The molecule has 2 aromatic rings. The number of carboxylic acids is 1. The van der Waals surface area contributed by atoms with Crippen LogP contribution in [0.4, 0.5) is 0 Å². The number of aromatic carboxylic acids is 1. The molecule has 1 aromatic carbocycles. The van der Waals surface area contributed by atoms with Crippen molar-refractivity contribution in [3.63, 3.8) is 0 Å². The average Bonchev–Trinajstić information content (AvgIpc) is 3.03. The van der Waals surface area contributed by atoms with Gasteiger partial charge in [-0.2, -0.15) is 9.40 Å². The van der Waals surface area contributed by atoms with Gasteiger partial charge in [0.05, 0.1) is 11.3 Å². The molecule has 0 radical (unpaired) electrons. The van der Waals surface area contributed by atoms with Gasteiger partial charge >= 0.3 is 5.97 Å². The largest absolute Gasteiger partial charge is 0.478 e. The van der Waals surface area contributed by atoms with Gasteiger partial charge in [0, 0.05) is 19.6 Å². The van der Waals surface area contributed by atoms with Gasteiger partial charge in [0.25, 0.3) is 10.0 Å². The molecule has 1 aromatic heterocycles. The van der Waals surface area contributed by atoms with Gasteiger partial charge in [0.1, 0.15) is 0 Å². The predicted molar refractivity (Wildman–Crippen MR) is 96.8 cm³/mol. The number of aromatic nitrogens is 2. The third kappa shape index (κ3) is 3.52. The van der Waals surface area contributed by atoms with E-state index in [2.05, 4.69) is 5.10 Å². The van der Waals surface area contributed by atoms with Crippen molar-refractivity contribution in [3.8, 4) is 0 Å². The van der Waals surface area contributed by atoms with Crippen LogP contribution in [0.3, 0.4) is 0 Å². The zero-order chi connectivity index (χ0) is 18.9. The fourth-order valence-corrected chi connectivity index (χ4v) is 5.18. The Kier molecular flexibility index (Phi) is 5.15. The predicted octanol–water partition coefficient (Wildman–Crippen LogP) is 2.48. The van der Waals surface area contributed by atoms with Gasteiger partial charge < -0.3 is 5.11 Å². The maximum absolute atomic E-state index is 13.1. The number of sulfonamides is 1. The molecule has 1 saturated heterocycles. The fourth-order valence-electron chi connectivity index (χ4n) is 3.42. The smallest absolute Gasteiger partial charge is 0.335 e. The molecule has 1 atom stereocenters. The van der Waals surface area contributed by atoms with Crippen LogP contribution in [0, 0.1) is 6.92 Å². The van der Waals surface area contributed by atoms with Crippen LogP contribution in [-0.2, 0) is 16.6 Å². The van der Waals surface area contributed by atoms with E-state index in [4.69, 9.17) is 5.11 Å². The van der Waals surface area contributed by atoms with Crippen molar-refractivity contribution in [2.45, 2.75) is 44.2 Å². The second kappa shape index (κ2) is 7.20. The molecule has 140 valence electrons. The van der Waals surface area contributed by atoms with Crippen LogP contribution < -0.4 is 0 Å². The van der Waals surface area contributed by atoms with Gasteiger partial charge in [-0.05, 0) is 56.4 Å². The lowest BCUT2D eigenvalue weighted by molar-refractivity contribution is 0.0697. The van der Waals surface area contributed by atoms with Crippen molar-refractivity contribution in [3.05, 3.63) is 47.2 Å². The highest BCUT2D eigenvalue weighted by Crippen LogP contribution is 2.30.